The molecule has 2 N–H and O–H groups in total. The first-order valence-corrected chi connectivity index (χ1v) is 14.5. The summed E-state index contributed by atoms with van der Waals surface area (Å²) in [5.41, 5.74) is 1.76. The van der Waals surface area contributed by atoms with Crippen LogP contribution in [0.2, 0.25) is 0 Å². The molecule has 0 amide bonds. The molecule has 208 valence electrons. The maximum Gasteiger partial charge on any atom is 0.309 e. The van der Waals surface area contributed by atoms with E-state index in [2.05, 4.69) is 24.9 Å². The van der Waals surface area contributed by atoms with Crippen LogP contribution in [0, 0.1) is 30.1 Å². The van der Waals surface area contributed by atoms with E-state index in [1.807, 2.05) is 32.2 Å². The van der Waals surface area contributed by atoms with Gasteiger partial charge in [0, 0.05) is 17.7 Å². The van der Waals surface area contributed by atoms with Crippen molar-refractivity contribution in [3.05, 3.63) is 33.3 Å². The quantitative estimate of drug-likeness (QED) is 0.342. The van der Waals surface area contributed by atoms with Gasteiger partial charge >= 0.3 is 5.97 Å². The third-order valence-corrected chi connectivity index (χ3v) is 8.65. The molecular weight excluding hydrogens is 486 g/mol. The van der Waals surface area contributed by atoms with Crippen molar-refractivity contribution in [3.8, 4) is 0 Å². The first-order chi connectivity index (χ1) is 17.2. The lowest BCUT2D eigenvalue weighted by molar-refractivity contribution is -0.154. The Kier molecular flexibility index (Phi) is 11.7. The molecule has 1 aromatic rings. The fraction of sp³-hybridized carbons (Fsp3) is 0.700. The average molecular weight is 534 g/mol. The Morgan fingerprint density at radius 1 is 1.19 bits per heavy atom. The number of hydrogen-bond donors (Lipinski definition) is 2. The van der Waals surface area contributed by atoms with Crippen LogP contribution in [0.4, 0.5) is 0 Å². The zero-order valence-electron chi connectivity index (χ0n) is 23.9. The van der Waals surface area contributed by atoms with E-state index in [0.717, 1.165) is 42.0 Å². The van der Waals surface area contributed by atoms with Gasteiger partial charge in [0.05, 0.1) is 34.7 Å². The fourth-order valence-corrected chi connectivity index (χ4v) is 5.72. The van der Waals surface area contributed by atoms with Gasteiger partial charge in [-0.1, -0.05) is 52.7 Å². The summed E-state index contributed by atoms with van der Waals surface area (Å²) in [5.74, 6) is -1.06. The van der Waals surface area contributed by atoms with Gasteiger partial charge in [0.2, 0.25) is 0 Å². The number of aliphatic hydroxyl groups is 2. The van der Waals surface area contributed by atoms with Crippen LogP contribution in [0.5, 0.6) is 0 Å². The normalized spacial score (nSPS) is 33.1. The fourth-order valence-electron chi connectivity index (χ4n) is 5.15. The molecule has 2 rings (SSSR count). The molecule has 1 aromatic heterocycles. The molecule has 7 heteroatoms. The number of carbonyl (C=O) groups excluding carboxylic acids is 2. The van der Waals surface area contributed by atoms with E-state index < -0.39 is 35.6 Å². The molecule has 6 atom stereocenters. The lowest BCUT2D eigenvalue weighted by Crippen LogP contribution is -2.45. The summed E-state index contributed by atoms with van der Waals surface area (Å²) in [7, 11) is 0. The molecule has 0 fully saturated rings. The molecule has 6 nitrogen and oxygen atoms in total. The molecule has 1 aliphatic heterocycles. The molecule has 0 aromatic carbocycles. The number of esters is 1. The highest BCUT2D eigenvalue weighted by Crippen LogP contribution is 2.33. The van der Waals surface area contributed by atoms with Gasteiger partial charge in [-0.25, -0.2) is 4.98 Å². The van der Waals surface area contributed by atoms with Gasteiger partial charge in [-0.2, -0.15) is 0 Å². The second-order valence-electron chi connectivity index (χ2n) is 11.7. The van der Waals surface area contributed by atoms with Crippen LogP contribution in [-0.2, 0) is 14.3 Å². The van der Waals surface area contributed by atoms with Crippen LogP contribution in [0.15, 0.2) is 22.6 Å². The molecular formula is C30H47NO5S. The minimum absolute atomic E-state index is 0.0422. The molecule has 0 saturated heterocycles. The van der Waals surface area contributed by atoms with E-state index in [1.165, 1.54) is 5.57 Å². The number of Topliss-reactive ketones (excluding diaryl/α,β-unsaturated/α-hetero) is 1. The zero-order chi connectivity index (χ0) is 27.9. The van der Waals surface area contributed by atoms with Crippen molar-refractivity contribution in [3.63, 3.8) is 0 Å². The van der Waals surface area contributed by atoms with E-state index in [9.17, 15) is 19.8 Å². The smallest absolute Gasteiger partial charge is 0.309 e. The summed E-state index contributed by atoms with van der Waals surface area (Å²) in [6.07, 6.45) is 5.66. The number of ketones is 1. The van der Waals surface area contributed by atoms with Crippen LogP contribution >= 0.6 is 11.3 Å². The van der Waals surface area contributed by atoms with Gasteiger partial charge in [-0.05, 0) is 63.5 Å². The number of allylic oxidation sites excluding steroid dienone is 1. The first-order valence-electron chi connectivity index (χ1n) is 13.6. The number of aryl methyl sites for hydroxylation is 1. The predicted molar refractivity (Wildman–Crippen MR) is 150 cm³/mol. The highest BCUT2D eigenvalue weighted by atomic mass is 32.1. The minimum Gasteiger partial charge on any atom is -0.457 e. The van der Waals surface area contributed by atoms with Crippen molar-refractivity contribution in [2.75, 3.05) is 0 Å². The highest BCUT2D eigenvalue weighted by Gasteiger charge is 2.42. The largest absolute Gasteiger partial charge is 0.457 e. The number of hydrogen-bond acceptors (Lipinski definition) is 7. The maximum absolute atomic E-state index is 13.3. The monoisotopic (exact) mass is 533 g/mol. The Labute approximate surface area is 227 Å². The van der Waals surface area contributed by atoms with Gasteiger partial charge in [0.15, 0.2) is 0 Å². The van der Waals surface area contributed by atoms with Gasteiger partial charge in [-0.3, -0.25) is 9.59 Å². The molecule has 0 radical (unpaired) electrons. The van der Waals surface area contributed by atoms with Crippen LogP contribution < -0.4 is 0 Å². The van der Waals surface area contributed by atoms with Crippen molar-refractivity contribution < 1.29 is 24.5 Å². The molecule has 0 bridgehead atoms. The summed E-state index contributed by atoms with van der Waals surface area (Å²) in [6.45, 7) is 15.2. The van der Waals surface area contributed by atoms with Crippen LogP contribution in [-0.4, -0.2) is 45.3 Å². The molecule has 1 aliphatic rings. The molecule has 2 heterocycles. The van der Waals surface area contributed by atoms with E-state index in [0.29, 0.717) is 12.3 Å². The second-order valence-corrected chi connectivity index (χ2v) is 12.8. The zero-order valence-corrected chi connectivity index (χ0v) is 24.7. The summed E-state index contributed by atoms with van der Waals surface area (Å²) < 4.78 is 5.87. The standard InChI is InChI=1S/C30H47NO5S/c1-18-10-9-11-19(2)14-21(4)28(34)22(5)29(35)30(7,8)26(32)16-27(33)36-25(13-12-18)20(3)15-24-17-37-23(6)31-24/h12,15,17,19,21-22,25-26,28,32,34H,9-11,13-14,16H2,1-8H3/b18-12-,20-15+/t19-,21-,22+,25-,26-,28-/m0/s1. The van der Waals surface area contributed by atoms with Crippen molar-refractivity contribution >= 4 is 29.2 Å². The molecule has 0 saturated carbocycles. The number of aliphatic hydroxyl groups excluding tert-OH is 2. The van der Waals surface area contributed by atoms with Gasteiger partial charge in [0.25, 0.3) is 0 Å². The third-order valence-electron chi connectivity index (χ3n) is 7.85. The molecule has 37 heavy (non-hydrogen) atoms. The van der Waals surface area contributed by atoms with Crippen LogP contribution in [0.1, 0.15) is 97.7 Å². The van der Waals surface area contributed by atoms with Crippen molar-refractivity contribution in [1.82, 2.24) is 4.98 Å². The van der Waals surface area contributed by atoms with E-state index in [-0.39, 0.29) is 18.1 Å². The van der Waals surface area contributed by atoms with E-state index in [4.69, 9.17) is 4.74 Å². The number of aromatic nitrogens is 1. The summed E-state index contributed by atoms with van der Waals surface area (Å²) in [4.78, 5) is 30.8. The topological polar surface area (TPSA) is 96.7 Å². The second kappa shape index (κ2) is 13.8. The van der Waals surface area contributed by atoms with Crippen LogP contribution in [0.25, 0.3) is 6.08 Å². The maximum atomic E-state index is 13.3. The van der Waals surface area contributed by atoms with Gasteiger partial charge in [-0.15, -0.1) is 11.3 Å². The highest BCUT2D eigenvalue weighted by molar-refractivity contribution is 7.09. The van der Waals surface area contributed by atoms with Crippen molar-refractivity contribution in [1.29, 1.82) is 0 Å². The number of rotatable bonds is 2. The number of nitrogens with zero attached hydrogens (tertiary/aromatic N) is 1. The Hall–Kier alpha value is -1.83. The lowest BCUT2D eigenvalue weighted by Gasteiger charge is -2.35. The average Bonchev–Trinajstić information content (AvgIpc) is 3.23. The number of ether oxygens (including phenoxy) is 1. The lowest BCUT2D eigenvalue weighted by atomic mass is 9.72. The van der Waals surface area contributed by atoms with E-state index in [1.54, 1.807) is 32.1 Å². The molecule has 0 spiro atoms. The summed E-state index contributed by atoms with van der Waals surface area (Å²) in [6, 6.07) is 0. The first kappa shape index (κ1) is 31.4. The van der Waals surface area contributed by atoms with E-state index >= 15 is 0 Å². The van der Waals surface area contributed by atoms with Crippen molar-refractivity contribution in [2.45, 2.75) is 112 Å². The Morgan fingerprint density at radius 3 is 2.49 bits per heavy atom. The van der Waals surface area contributed by atoms with Crippen molar-refractivity contribution in [2.24, 2.45) is 23.2 Å². The third kappa shape index (κ3) is 9.15. The molecule has 0 unspecified atom stereocenters. The number of cyclic esters (lactones) is 1. The SMILES string of the molecule is C/C1=C/C[C@@H](/C(C)=C/c2csc(C)n2)OC(=O)C[C@H](O)C(C)(C)C(=O)[C@H](C)[C@@H](O)[C@@H](C)C[C@@H](C)CCC1. The number of carbonyl (C=O) groups is 2. The number of thiazole rings is 1. The van der Waals surface area contributed by atoms with Crippen LogP contribution in [0.3, 0.4) is 0 Å². The summed E-state index contributed by atoms with van der Waals surface area (Å²) in [5, 5.41) is 24.8. The Morgan fingerprint density at radius 2 is 1.86 bits per heavy atom. The summed E-state index contributed by atoms with van der Waals surface area (Å²) >= 11 is 1.57. The minimum atomic E-state index is -1.22. The predicted octanol–water partition coefficient (Wildman–Crippen LogP) is 6.29. The Balaban J connectivity index is 2.33. The molecule has 0 aliphatic carbocycles. The van der Waals surface area contributed by atoms with Gasteiger partial charge in [0.1, 0.15) is 11.9 Å². The van der Waals surface area contributed by atoms with Gasteiger partial charge < -0.3 is 14.9 Å². The Bertz CT molecular complexity index is 978.